The van der Waals surface area contributed by atoms with E-state index < -0.39 is 0 Å². The molecule has 5 nitrogen and oxygen atoms in total. The second kappa shape index (κ2) is 7.99. The number of benzene rings is 2. The van der Waals surface area contributed by atoms with Gasteiger partial charge in [-0.15, -0.1) is 0 Å². The molecule has 0 heterocycles. The van der Waals surface area contributed by atoms with Crippen LogP contribution in [0.25, 0.3) is 0 Å². The third-order valence-electron chi connectivity index (χ3n) is 2.94. The Labute approximate surface area is 134 Å². The Morgan fingerprint density at radius 2 is 1.73 bits per heavy atom. The van der Waals surface area contributed by atoms with Gasteiger partial charge in [0.15, 0.2) is 5.11 Å². The summed E-state index contributed by atoms with van der Waals surface area (Å²) in [5.41, 5.74) is 6.83. The van der Waals surface area contributed by atoms with E-state index in [1.807, 2.05) is 30.3 Å². The second-order valence-corrected chi connectivity index (χ2v) is 4.88. The van der Waals surface area contributed by atoms with Crippen LogP contribution < -0.4 is 20.9 Å². The van der Waals surface area contributed by atoms with Gasteiger partial charge in [0, 0.05) is 12.1 Å². The van der Waals surface area contributed by atoms with Crippen molar-refractivity contribution in [2.75, 3.05) is 7.11 Å². The fourth-order valence-corrected chi connectivity index (χ4v) is 1.87. The predicted molar refractivity (Wildman–Crippen MR) is 89.5 cm³/mol. The lowest BCUT2D eigenvalue weighted by molar-refractivity contribution is 0.0943. The van der Waals surface area contributed by atoms with Crippen molar-refractivity contribution < 1.29 is 9.53 Å². The van der Waals surface area contributed by atoms with Crippen molar-refractivity contribution in [1.82, 2.24) is 16.2 Å². The highest BCUT2D eigenvalue weighted by atomic mass is 32.1. The first kappa shape index (κ1) is 15.8. The van der Waals surface area contributed by atoms with Crippen LogP contribution in [0.15, 0.2) is 54.6 Å². The smallest absolute Gasteiger partial charge is 0.269 e. The summed E-state index contributed by atoms with van der Waals surface area (Å²) in [4.78, 5) is 11.9. The fraction of sp³-hybridized carbons (Fsp3) is 0.125. The van der Waals surface area contributed by atoms with Crippen LogP contribution in [-0.2, 0) is 6.54 Å². The first-order valence-corrected chi connectivity index (χ1v) is 7.12. The number of rotatable bonds is 4. The number of methoxy groups -OCH3 is 1. The van der Waals surface area contributed by atoms with Gasteiger partial charge >= 0.3 is 0 Å². The van der Waals surface area contributed by atoms with Crippen LogP contribution in [0.2, 0.25) is 0 Å². The first-order valence-electron chi connectivity index (χ1n) is 6.71. The maximum atomic E-state index is 11.9. The Morgan fingerprint density at radius 1 is 1.05 bits per heavy atom. The van der Waals surface area contributed by atoms with Gasteiger partial charge in [0.25, 0.3) is 5.91 Å². The monoisotopic (exact) mass is 315 g/mol. The Balaban J connectivity index is 1.76. The number of nitrogens with one attached hydrogen (secondary N) is 3. The Hall–Kier alpha value is -2.60. The lowest BCUT2D eigenvalue weighted by atomic mass is 10.2. The van der Waals surface area contributed by atoms with Gasteiger partial charge in [-0.05, 0) is 42.0 Å². The second-order valence-electron chi connectivity index (χ2n) is 4.48. The summed E-state index contributed by atoms with van der Waals surface area (Å²) in [5, 5.41) is 3.36. The van der Waals surface area contributed by atoms with Crippen LogP contribution in [0.1, 0.15) is 15.9 Å². The van der Waals surface area contributed by atoms with E-state index in [0.29, 0.717) is 23.0 Å². The van der Waals surface area contributed by atoms with E-state index in [4.69, 9.17) is 17.0 Å². The third kappa shape index (κ3) is 4.75. The molecule has 0 aromatic heterocycles. The molecule has 2 rings (SSSR count). The molecular weight excluding hydrogens is 298 g/mol. The molecule has 0 bridgehead atoms. The minimum absolute atomic E-state index is 0.272. The summed E-state index contributed by atoms with van der Waals surface area (Å²) in [5.74, 6) is 0.427. The number of carbonyl (C=O) groups excluding carboxylic acids is 1. The van der Waals surface area contributed by atoms with Crippen molar-refractivity contribution in [3.63, 3.8) is 0 Å². The van der Waals surface area contributed by atoms with Gasteiger partial charge in [0.2, 0.25) is 0 Å². The molecule has 0 aliphatic carbocycles. The van der Waals surface area contributed by atoms with Gasteiger partial charge in [-0.2, -0.15) is 0 Å². The van der Waals surface area contributed by atoms with E-state index in [9.17, 15) is 4.79 Å². The first-order chi connectivity index (χ1) is 10.7. The standard InChI is InChI=1S/C16H17N3O2S/c1-21-14-9-7-13(8-10-14)15(20)18-19-16(22)17-11-12-5-3-2-4-6-12/h2-10H,11H2,1H3,(H,18,20)(H2,17,19,22). The Bertz CT molecular complexity index is 630. The van der Waals surface area contributed by atoms with Crippen molar-refractivity contribution in [2.24, 2.45) is 0 Å². The fourth-order valence-electron chi connectivity index (χ4n) is 1.75. The van der Waals surface area contributed by atoms with Crippen LogP contribution in [0, 0.1) is 0 Å². The van der Waals surface area contributed by atoms with Crippen LogP contribution in [0.3, 0.4) is 0 Å². The molecule has 0 saturated carbocycles. The molecule has 22 heavy (non-hydrogen) atoms. The molecule has 6 heteroatoms. The van der Waals surface area contributed by atoms with Crippen molar-refractivity contribution >= 4 is 23.2 Å². The largest absolute Gasteiger partial charge is 0.497 e. The maximum Gasteiger partial charge on any atom is 0.269 e. The molecule has 0 unspecified atom stereocenters. The van der Waals surface area contributed by atoms with E-state index in [1.165, 1.54) is 0 Å². The zero-order valence-corrected chi connectivity index (χ0v) is 12.9. The van der Waals surface area contributed by atoms with E-state index in [2.05, 4.69) is 16.2 Å². The van der Waals surface area contributed by atoms with Crippen molar-refractivity contribution in [2.45, 2.75) is 6.54 Å². The lowest BCUT2D eigenvalue weighted by Gasteiger charge is -2.11. The quantitative estimate of drug-likeness (QED) is 0.595. The highest BCUT2D eigenvalue weighted by Crippen LogP contribution is 2.10. The lowest BCUT2D eigenvalue weighted by Crippen LogP contribution is -2.46. The summed E-state index contributed by atoms with van der Waals surface area (Å²) in [6.07, 6.45) is 0. The van der Waals surface area contributed by atoms with Crippen LogP contribution in [0.4, 0.5) is 0 Å². The van der Waals surface area contributed by atoms with E-state index in [1.54, 1.807) is 31.4 Å². The third-order valence-corrected chi connectivity index (χ3v) is 3.18. The molecule has 1 amide bonds. The number of hydrogen-bond acceptors (Lipinski definition) is 3. The molecule has 2 aromatic carbocycles. The van der Waals surface area contributed by atoms with E-state index in [0.717, 1.165) is 5.56 Å². The summed E-state index contributed by atoms with van der Waals surface area (Å²) in [6, 6.07) is 16.7. The zero-order chi connectivity index (χ0) is 15.8. The molecule has 0 radical (unpaired) electrons. The molecule has 3 N–H and O–H groups in total. The Morgan fingerprint density at radius 3 is 2.36 bits per heavy atom. The number of thiocarbonyl (C=S) groups is 1. The molecule has 0 saturated heterocycles. The zero-order valence-electron chi connectivity index (χ0n) is 12.1. The van der Waals surface area contributed by atoms with Crippen molar-refractivity contribution in [3.8, 4) is 5.75 Å². The molecule has 0 spiro atoms. The van der Waals surface area contributed by atoms with Gasteiger partial charge in [-0.25, -0.2) is 0 Å². The van der Waals surface area contributed by atoms with E-state index >= 15 is 0 Å². The van der Waals surface area contributed by atoms with E-state index in [-0.39, 0.29) is 5.91 Å². The van der Waals surface area contributed by atoms with Gasteiger partial charge < -0.3 is 10.1 Å². The topological polar surface area (TPSA) is 62.4 Å². The van der Waals surface area contributed by atoms with Crippen LogP contribution in [-0.4, -0.2) is 18.1 Å². The minimum atomic E-state index is -0.272. The average Bonchev–Trinajstić information content (AvgIpc) is 2.58. The highest BCUT2D eigenvalue weighted by molar-refractivity contribution is 7.80. The van der Waals surface area contributed by atoms with Crippen LogP contribution >= 0.6 is 12.2 Å². The average molecular weight is 315 g/mol. The number of ether oxygens (including phenoxy) is 1. The summed E-state index contributed by atoms with van der Waals surface area (Å²) in [7, 11) is 1.58. The molecule has 0 aliphatic heterocycles. The molecule has 0 fully saturated rings. The minimum Gasteiger partial charge on any atom is -0.497 e. The van der Waals surface area contributed by atoms with Gasteiger partial charge in [-0.1, -0.05) is 30.3 Å². The molecule has 114 valence electrons. The molecule has 0 aliphatic rings. The maximum absolute atomic E-state index is 11.9. The number of amides is 1. The van der Waals surface area contributed by atoms with Gasteiger partial charge in [0.1, 0.15) is 5.75 Å². The van der Waals surface area contributed by atoms with Crippen LogP contribution in [0.5, 0.6) is 5.75 Å². The molecule has 2 aromatic rings. The van der Waals surface area contributed by atoms with Crippen molar-refractivity contribution in [3.05, 3.63) is 65.7 Å². The number of hydrogen-bond donors (Lipinski definition) is 3. The predicted octanol–water partition coefficient (Wildman–Crippen LogP) is 2.00. The number of carbonyl (C=O) groups is 1. The normalized spacial score (nSPS) is 9.68. The Kier molecular flexibility index (Phi) is 5.73. The van der Waals surface area contributed by atoms with Gasteiger partial charge in [0.05, 0.1) is 7.11 Å². The SMILES string of the molecule is COc1ccc(C(=O)NNC(=S)NCc2ccccc2)cc1. The van der Waals surface area contributed by atoms with Crippen molar-refractivity contribution in [1.29, 1.82) is 0 Å². The highest BCUT2D eigenvalue weighted by Gasteiger charge is 2.05. The summed E-state index contributed by atoms with van der Waals surface area (Å²) < 4.78 is 5.04. The summed E-state index contributed by atoms with van der Waals surface area (Å²) >= 11 is 5.10. The molecular formula is C16H17N3O2S. The molecule has 0 atom stereocenters. The summed E-state index contributed by atoms with van der Waals surface area (Å²) in [6.45, 7) is 0.588. The van der Waals surface area contributed by atoms with Gasteiger partial charge in [-0.3, -0.25) is 15.6 Å². The number of hydrazine groups is 1.